The van der Waals surface area contributed by atoms with Crippen molar-refractivity contribution in [3.05, 3.63) is 59.2 Å². The lowest BCUT2D eigenvalue weighted by molar-refractivity contribution is 0.102. The molecule has 21 heavy (non-hydrogen) atoms. The van der Waals surface area contributed by atoms with Crippen molar-refractivity contribution in [1.29, 1.82) is 0 Å². The van der Waals surface area contributed by atoms with Crippen LogP contribution < -0.4 is 5.32 Å². The molecule has 2 aromatic rings. The van der Waals surface area contributed by atoms with Crippen molar-refractivity contribution in [2.24, 2.45) is 0 Å². The average molecular weight is 285 g/mol. The minimum absolute atomic E-state index is 0.0263. The minimum atomic E-state index is -0.335. The van der Waals surface area contributed by atoms with E-state index in [1.165, 1.54) is 6.07 Å². The number of anilines is 1. The fourth-order valence-corrected chi connectivity index (χ4v) is 2.07. The highest BCUT2D eigenvalue weighted by molar-refractivity contribution is 6.06. The molecule has 0 spiro atoms. The van der Waals surface area contributed by atoms with Crippen molar-refractivity contribution in [3.8, 4) is 5.75 Å². The van der Waals surface area contributed by atoms with Gasteiger partial charge in [0, 0.05) is 12.3 Å². The number of carbonyl (C=O) groups is 1. The monoisotopic (exact) mass is 285 g/mol. The van der Waals surface area contributed by atoms with E-state index in [1.807, 2.05) is 19.1 Å². The Bertz CT molecular complexity index is 620. The highest BCUT2D eigenvalue weighted by Gasteiger charge is 2.12. The third kappa shape index (κ3) is 3.83. The molecule has 0 fully saturated rings. The number of phenolic OH excluding ortho intramolecular Hbond substituents is 1. The van der Waals surface area contributed by atoms with Gasteiger partial charge < -0.3 is 15.5 Å². The van der Waals surface area contributed by atoms with Crippen molar-refractivity contribution >= 4 is 11.6 Å². The SMILES string of the molecule is CCc1ccc(O)c(C(=O)Nc2ccc(CCO)cc2)c1. The molecule has 0 heterocycles. The summed E-state index contributed by atoms with van der Waals surface area (Å²) in [7, 11) is 0. The van der Waals surface area contributed by atoms with Gasteiger partial charge in [-0.1, -0.05) is 25.1 Å². The molecule has 0 bridgehead atoms. The minimum Gasteiger partial charge on any atom is -0.507 e. The molecule has 0 aromatic heterocycles. The third-order valence-electron chi connectivity index (χ3n) is 3.33. The zero-order chi connectivity index (χ0) is 15.2. The fraction of sp³-hybridized carbons (Fsp3) is 0.235. The highest BCUT2D eigenvalue weighted by Crippen LogP contribution is 2.20. The lowest BCUT2D eigenvalue weighted by Gasteiger charge is -2.09. The van der Waals surface area contributed by atoms with Crippen LogP contribution in [0.4, 0.5) is 5.69 Å². The van der Waals surface area contributed by atoms with Crippen LogP contribution >= 0.6 is 0 Å². The van der Waals surface area contributed by atoms with E-state index in [9.17, 15) is 9.90 Å². The number of rotatable bonds is 5. The second kappa shape index (κ2) is 6.90. The Morgan fingerprint density at radius 3 is 2.38 bits per heavy atom. The van der Waals surface area contributed by atoms with Crippen molar-refractivity contribution in [2.75, 3.05) is 11.9 Å². The van der Waals surface area contributed by atoms with Crippen LogP contribution in [0.3, 0.4) is 0 Å². The van der Waals surface area contributed by atoms with E-state index < -0.39 is 0 Å². The van der Waals surface area contributed by atoms with Crippen LogP contribution in [0.15, 0.2) is 42.5 Å². The average Bonchev–Trinajstić information content (AvgIpc) is 2.50. The molecule has 4 nitrogen and oxygen atoms in total. The first-order valence-electron chi connectivity index (χ1n) is 6.97. The number of phenols is 1. The Kier molecular flexibility index (Phi) is 4.95. The molecule has 0 atom stereocenters. The van der Waals surface area contributed by atoms with Crippen LogP contribution in [0.2, 0.25) is 0 Å². The number of aryl methyl sites for hydroxylation is 1. The normalized spacial score (nSPS) is 10.4. The van der Waals surface area contributed by atoms with E-state index in [4.69, 9.17) is 5.11 Å². The largest absolute Gasteiger partial charge is 0.507 e. The number of amides is 1. The number of aromatic hydroxyl groups is 1. The van der Waals surface area contributed by atoms with E-state index in [1.54, 1.807) is 24.3 Å². The Morgan fingerprint density at radius 2 is 1.76 bits per heavy atom. The molecular weight excluding hydrogens is 266 g/mol. The van der Waals surface area contributed by atoms with E-state index in [2.05, 4.69) is 5.32 Å². The van der Waals surface area contributed by atoms with E-state index in [0.717, 1.165) is 17.5 Å². The number of nitrogens with one attached hydrogen (secondary N) is 1. The molecule has 4 heteroatoms. The van der Waals surface area contributed by atoms with Gasteiger partial charge in [-0.15, -0.1) is 0 Å². The van der Waals surface area contributed by atoms with Crippen LogP contribution in [0.25, 0.3) is 0 Å². The zero-order valence-corrected chi connectivity index (χ0v) is 12.0. The third-order valence-corrected chi connectivity index (χ3v) is 3.33. The van der Waals surface area contributed by atoms with Crippen LogP contribution in [0, 0.1) is 0 Å². The van der Waals surface area contributed by atoms with Crippen LogP contribution in [0.1, 0.15) is 28.4 Å². The van der Waals surface area contributed by atoms with Gasteiger partial charge in [0.05, 0.1) is 5.56 Å². The summed E-state index contributed by atoms with van der Waals surface area (Å²) in [6.07, 6.45) is 1.39. The summed E-state index contributed by atoms with van der Waals surface area (Å²) in [5.74, 6) is -0.362. The zero-order valence-electron chi connectivity index (χ0n) is 12.0. The number of benzene rings is 2. The maximum absolute atomic E-state index is 12.2. The lowest BCUT2D eigenvalue weighted by Crippen LogP contribution is -2.12. The maximum Gasteiger partial charge on any atom is 0.259 e. The Labute approximate surface area is 124 Å². The molecule has 2 rings (SSSR count). The summed E-state index contributed by atoms with van der Waals surface area (Å²) in [5, 5.41) is 21.4. The molecule has 3 N–H and O–H groups in total. The summed E-state index contributed by atoms with van der Waals surface area (Å²) in [6.45, 7) is 2.09. The summed E-state index contributed by atoms with van der Waals surface area (Å²) >= 11 is 0. The molecule has 0 saturated carbocycles. The lowest BCUT2D eigenvalue weighted by atomic mass is 10.1. The molecule has 0 aliphatic carbocycles. The van der Waals surface area contributed by atoms with Gasteiger partial charge in [-0.25, -0.2) is 0 Å². The number of aliphatic hydroxyl groups is 1. The molecule has 0 radical (unpaired) electrons. The highest BCUT2D eigenvalue weighted by atomic mass is 16.3. The first-order valence-corrected chi connectivity index (χ1v) is 6.97. The fourth-order valence-electron chi connectivity index (χ4n) is 2.07. The Hall–Kier alpha value is -2.33. The Morgan fingerprint density at radius 1 is 1.10 bits per heavy atom. The summed E-state index contributed by atoms with van der Waals surface area (Å²) < 4.78 is 0. The van der Waals surface area contributed by atoms with E-state index in [0.29, 0.717) is 12.1 Å². The Balaban J connectivity index is 2.14. The molecule has 0 saturated heterocycles. The molecule has 0 unspecified atom stereocenters. The van der Waals surface area contributed by atoms with Gasteiger partial charge in [0.15, 0.2) is 0 Å². The molecular formula is C17H19NO3. The topological polar surface area (TPSA) is 69.6 Å². The summed E-state index contributed by atoms with van der Waals surface area (Å²) in [5.41, 5.74) is 2.93. The first kappa shape index (κ1) is 15.1. The predicted octanol–water partition coefficient (Wildman–Crippen LogP) is 2.74. The standard InChI is InChI=1S/C17H19NO3/c1-2-12-5-8-16(20)15(11-12)17(21)18-14-6-3-13(4-7-14)9-10-19/h3-8,11,19-20H,2,9-10H2,1H3,(H,18,21). The number of aliphatic hydroxyl groups excluding tert-OH is 1. The van der Waals surface area contributed by atoms with Crippen LogP contribution in [0.5, 0.6) is 5.75 Å². The van der Waals surface area contributed by atoms with Crippen molar-refractivity contribution in [1.82, 2.24) is 0 Å². The second-order valence-electron chi connectivity index (χ2n) is 4.83. The van der Waals surface area contributed by atoms with Gasteiger partial charge >= 0.3 is 0 Å². The van der Waals surface area contributed by atoms with Gasteiger partial charge in [0.2, 0.25) is 0 Å². The van der Waals surface area contributed by atoms with E-state index >= 15 is 0 Å². The van der Waals surface area contributed by atoms with Gasteiger partial charge in [0.1, 0.15) is 5.75 Å². The molecule has 1 amide bonds. The quantitative estimate of drug-likeness (QED) is 0.791. The van der Waals surface area contributed by atoms with Crippen molar-refractivity contribution < 1.29 is 15.0 Å². The number of carbonyl (C=O) groups excluding carboxylic acids is 1. The van der Waals surface area contributed by atoms with Gasteiger partial charge in [-0.05, 0) is 48.2 Å². The second-order valence-corrected chi connectivity index (χ2v) is 4.83. The molecule has 0 aliphatic rings. The molecule has 0 aliphatic heterocycles. The molecule has 110 valence electrons. The summed E-state index contributed by atoms with van der Waals surface area (Å²) in [6, 6.07) is 12.3. The van der Waals surface area contributed by atoms with E-state index in [-0.39, 0.29) is 23.8 Å². The molecule has 2 aromatic carbocycles. The number of hydrogen-bond donors (Lipinski definition) is 3. The van der Waals surface area contributed by atoms with Gasteiger partial charge in [-0.3, -0.25) is 4.79 Å². The van der Waals surface area contributed by atoms with Crippen molar-refractivity contribution in [2.45, 2.75) is 19.8 Å². The number of hydrogen-bond acceptors (Lipinski definition) is 3. The van der Waals surface area contributed by atoms with Gasteiger partial charge in [0.25, 0.3) is 5.91 Å². The first-order chi connectivity index (χ1) is 10.1. The van der Waals surface area contributed by atoms with Crippen molar-refractivity contribution in [3.63, 3.8) is 0 Å². The maximum atomic E-state index is 12.2. The summed E-state index contributed by atoms with van der Waals surface area (Å²) in [4.78, 5) is 12.2. The van der Waals surface area contributed by atoms with Gasteiger partial charge in [-0.2, -0.15) is 0 Å². The van der Waals surface area contributed by atoms with Crippen LogP contribution in [-0.2, 0) is 12.8 Å². The van der Waals surface area contributed by atoms with Crippen LogP contribution in [-0.4, -0.2) is 22.7 Å². The smallest absolute Gasteiger partial charge is 0.259 e. The predicted molar refractivity (Wildman–Crippen MR) is 82.7 cm³/mol.